The van der Waals surface area contributed by atoms with E-state index >= 15 is 0 Å². The highest BCUT2D eigenvalue weighted by atomic mass is 35.5. The third-order valence-electron chi connectivity index (χ3n) is 4.81. The zero-order valence-electron chi connectivity index (χ0n) is 16.0. The SMILES string of the molecule is Cc1ccc(C(=O)CCC(=O)N2CCN(CCOc3ccccc3Cl)CC2)s1. The van der Waals surface area contributed by atoms with Crippen LogP contribution in [0.3, 0.4) is 0 Å². The lowest BCUT2D eigenvalue weighted by Crippen LogP contribution is -2.49. The molecule has 0 unspecified atom stereocenters. The molecule has 1 aliphatic rings. The summed E-state index contributed by atoms with van der Waals surface area (Å²) in [7, 11) is 0. The van der Waals surface area contributed by atoms with Crippen LogP contribution in [0.4, 0.5) is 0 Å². The van der Waals surface area contributed by atoms with Crippen LogP contribution >= 0.6 is 22.9 Å². The molecule has 1 aromatic carbocycles. The number of carbonyl (C=O) groups is 2. The fourth-order valence-electron chi connectivity index (χ4n) is 3.15. The lowest BCUT2D eigenvalue weighted by Gasteiger charge is -2.34. The Labute approximate surface area is 174 Å². The summed E-state index contributed by atoms with van der Waals surface area (Å²) in [6, 6.07) is 11.2. The van der Waals surface area contributed by atoms with Crippen molar-refractivity contribution >= 4 is 34.6 Å². The molecular formula is C21H25ClN2O3S. The van der Waals surface area contributed by atoms with E-state index in [2.05, 4.69) is 4.90 Å². The first-order valence-corrected chi connectivity index (χ1v) is 10.7. The van der Waals surface area contributed by atoms with E-state index in [9.17, 15) is 9.59 Å². The average molecular weight is 421 g/mol. The van der Waals surface area contributed by atoms with Gasteiger partial charge in [0.1, 0.15) is 12.4 Å². The van der Waals surface area contributed by atoms with Crippen molar-refractivity contribution in [3.8, 4) is 5.75 Å². The quantitative estimate of drug-likeness (QED) is 0.608. The molecule has 0 radical (unpaired) electrons. The summed E-state index contributed by atoms with van der Waals surface area (Å²) in [6.45, 7) is 6.35. The van der Waals surface area contributed by atoms with E-state index < -0.39 is 0 Å². The standard InChI is InChI=1S/C21H25ClN2O3S/c1-16-6-8-20(28-16)18(25)7-9-21(26)24-12-10-23(11-13-24)14-15-27-19-5-3-2-4-17(19)22/h2-6,8H,7,9-15H2,1H3. The van der Waals surface area contributed by atoms with Crippen LogP contribution in [-0.4, -0.2) is 60.8 Å². The van der Waals surface area contributed by atoms with Crippen molar-refractivity contribution in [2.24, 2.45) is 0 Å². The molecule has 1 saturated heterocycles. The Kier molecular flexibility index (Phi) is 7.48. The maximum absolute atomic E-state index is 12.4. The molecule has 28 heavy (non-hydrogen) atoms. The van der Waals surface area contributed by atoms with Crippen LogP contribution in [0.15, 0.2) is 36.4 Å². The summed E-state index contributed by atoms with van der Waals surface area (Å²) in [5.41, 5.74) is 0. The molecule has 3 rings (SSSR count). The van der Waals surface area contributed by atoms with Gasteiger partial charge in [-0.1, -0.05) is 23.7 Å². The van der Waals surface area contributed by atoms with Crippen molar-refractivity contribution in [1.29, 1.82) is 0 Å². The Morgan fingerprint density at radius 3 is 2.50 bits per heavy atom. The predicted molar refractivity (Wildman–Crippen MR) is 113 cm³/mol. The van der Waals surface area contributed by atoms with Crippen LogP contribution in [0.2, 0.25) is 5.02 Å². The molecule has 0 atom stereocenters. The Balaban J connectivity index is 1.34. The van der Waals surface area contributed by atoms with Gasteiger partial charge in [-0.15, -0.1) is 11.3 Å². The van der Waals surface area contributed by atoms with Gasteiger partial charge in [-0.05, 0) is 31.2 Å². The number of piperazine rings is 1. The summed E-state index contributed by atoms with van der Waals surface area (Å²) in [4.78, 5) is 30.6. The molecule has 5 nitrogen and oxygen atoms in total. The van der Waals surface area contributed by atoms with Gasteiger partial charge in [0.2, 0.25) is 5.91 Å². The molecular weight excluding hydrogens is 396 g/mol. The molecule has 1 amide bonds. The highest BCUT2D eigenvalue weighted by molar-refractivity contribution is 7.14. The molecule has 1 aliphatic heterocycles. The van der Waals surface area contributed by atoms with Gasteiger partial charge in [0, 0.05) is 50.4 Å². The van der Waals surface area contributed by atoms with Crippen LogP contribution < -0.4 is 4.74 Å². The maximum Gasteiger partial charge on any atom is 0.223 e. The van der Waals surface area contributed by atoms with Gasteiger partial charge in [-0.25, -0.2) is 0 Å². The number of benzene rings is 1. The normalized spacial score (nSPS) is 14.9. The molecule has 2 heterocycles. The van der Waals surface area contributed by atoms with Gasteiger partial charge >= 0.3 is 0 Å². The number of aryl methyl sites for hydroxylation is 1. The number of thiophene rings is 1. The van der Waals surface area contributed by atoms with Gasteiger partial charge in [0.25, 0.3) is 0 Å². The highest BCUT2D eigenvalue weighted by Gasteiger charge is 2.22. The molecule has 7 heteroatoms. The van der Waals surface area contributed by atoms with Crippen molar-refractivity contribution in [2.45, 2.75) is 19.8 Å². The first kappa shape index (κ1) is 20.8. The molecule has 0 spiro atoms. The molecule has 2 aromatic rings. The molecule has 1 fully saturated rings. The number of rotatable bonds is 8. The number of carbonyl (C=O) groups excluding carboxylic acids is 2. The van der Waals surface area contributed by atoms with Crippen LogP contribution in [-0.2, 0) is 4.79 Å². The minimum Gasteiger partial charge on any atom is -0.491 e. The van der Waals surface area contributed by atoms with E-state index in [1.54, 1.807) is 0 Å². The summed E-state index contributed by atoms with van der Waals surface area (Å²) >= 11 is 7.57. The summed E-state index contributed by atoms with van der Waals surface area (Å²) in [6.07, 6.45) is 0.566. The number of hydrogen-bond acceptors (Lipinski definition) is 5. The van der Waals surface area contributed by atoms with Crippen LogP contribution in [0.5, 0.6) is 5.75 Å². The molecule has 0 saturated carbocycles. The molecule has 0 N–H and O–H groups in total. The van der Waals surface area contributed by atoms with Gasteiger partial charge in [0.05, 0.1) is 9.90 Å². The second-order valence-corrected chi connectivity index (χ2v) is 8.53. The third-order valence-corrected chi connectivity index (χ3v) is 6.16. The van der Waals surface area contributed by atoms with Gasteiger partial charge in [-0.3, -0.25) is 14.5 Å². The first-order chi connectivity index (χ1) is 13.5. The van der Waals surface area contributed by atoms with E-state index in [-0.39, 0.29) is 24.5 Å². The molecule has 0 aliphatic carbocycles. The second-order valence-electron chi connectivity index (χ2n) is 6.83. The smallest absolute Gasteiger partial charge is 0.223 e. The maximum atomic E-state index is 12.4. The number of nitrogens with zero attached hydrogens (tertiary/aromatic N) is 2. The Morgan fingerprint density at radius 2 is 1.82 bits per heavy atom. The number of ether oxygens (including phenoxy) is 1. The third kappa shape index (κ3) is 5.80. The zero-order chi connectivity index (χ0) is 19.9. The van der Waals surface area contributed by atoms with Crippen LogP contribution in [0.25, 0.3) is 0 Å². The highest BCUT2D eigenvalue weighted by Crippen LogP contribution is 2.23. The number of para-hydroxylation sites is 1. The summed E-state index contributed by atoms with van der Waals surface area (Å²) in [5, 5.41) is 0.616. The van der Waals surface area contributed by atoms with Gasteiger partial charge in [-0.2, -0.15) is 0 Å². The predicted octanol–water partition coefficient (Wildman–Crippen LogP) is 3.90. The number of hydrogen-bond donors (Lipinski definition) is 0. The lowest BCUT2D eigenvalue weighted by molar-refractivity contribution is -0.132. The van der Waals surface area contributed by atoms with Crippen molar-refractivity contribution in [3.05, 3.63) is 51.2 Å². The summed E-state index contributed by atoms with van der Waals surface area (Å²) in [5.74, 6) is 0.819. The van der Waals surface area contributed by atoms with E-state index in [1.165, 1.54) is 11.3 Å². The van der Waals surface area contributed by atoms with Crippen molar-refractivity contribution in [1.82, 2.24) is 9.80 Å². The minimum absolute atomic E-state index is 0.0572. The van der Waals surface area contributed by atoms with E-state index in [1.807, 2.05) is 48.2 Å². The Bertz CT molecular complexity index is 815. The van der Waals surface area contributed by atoms with Crippen molar-refractivity contribution in [3.63, 3.8) is 0 Å². The number of halogens is 1. The lowest BCUT2D eigenvalue weighted by atomic mass is 10.1. The van der Waals surface area contributed by atoms with E-state index in [4.69, 9.17) is 16.3 Å². The molecule has 1 aromatic heterocycles. The topological polar surface area (TPSA) is 49.9 Å². The van der Waals surface area contributed by atoms with Gasteiger partial charge < -0.3 is 9.64 Å². The first-order valence-electron chi connectivity index (χ1n) is 9.50. The van der Waals surface area contributed by atoms with E-state index in [0.717, 1.165) is 29.4 Å². The second kappa shape index (κ2) is 10.0. The summed E-state index contributed by atoms with van der Waals surface area (Å²) < 4.78 is 5.73. The van der Waals surface area contributed by atoms with Crippen molar-refractivity contribution in [2.75, 3.05) is 39.3 Å². The number of amides is 1. The molecule has 0 bridgehead atoms. The van der Waals surface area contributed by atoms with Crippen LogP contribution in [0, 0.1) is 6.92 Å². The zero-order valence-corrected chi connectivity index (χ0v) is 17.6. The monoisotopic (exact) mass is 420 g/mol. The minimum atomic E-state index is 0.0572. The fraction of sp³-hybridized carbons (Fsp3) is 0.429. The average Bonchev–Trinajstić information content (AvgIpc) is 3.14. The van der Waals surface area contributed by atoms with Crippen molar-refractivity contribution < 1.29 is 14.3 Å². The fourth-order valence-corrected chi connectivity index (χ4v) is 4.18. The van der Waals surface area contributed by atoms with E-state index in [0.29, 0.717) is 30.5 Å². The van der Waals surface area contributed by atoms with Crippen LogP contribution in [0.1, 0.15) is 27.4 Å². The Hall–Kier alpha value is -1.89. The number of ketones is 1. The largest absolute Gasteiger partial charge is 0.491 e. The van der Waals surface area contributed by atoms with Gasteiger partial charge in [0.15, 0.2) is 5.78 Å². The molecule has 150 valence electrons. The Morgan fingerprint density at radius 1 is 1.07 bits per heavy atom. The number of Topliss-reactive ketones (excluding diaryl/α,β-unsaturated/α-hetero) is 1.